The van der Waals surface area contributed by atoms with Crippen LogP contribution in [0.3, 0.4) is 0 Å². The second kappa shape index (κ2) is 6.90. The minimum atomic E-state index is 0.0156. The van der Waals surface area contributed by atoms with Gasteiger partial charge in [0.05, 0.1) is 5.69 Å². The Bertz CT molecular complexity index is 780. The first-order chi connectivity index (χ1) is 12.6. The maximum absolute atomic E-state index is 13.0. The van der Waals surface area contributed by atoms with Crippen LogP contribution in [0.25, 0.3) is 0 Å². The van der Waals surface area contributed by atoms with Crippen LogP contribution in [0.1, 0.15) is 73.1 Å². The van der Waals surface area contributed by atoms with Crippen molar-refractivity contribution in [2.75, 3.05) is 0 Å². The van der Waals surface area contributed by atoms with Crippen LogP contribution in [-0.2, 0) is 7.05 Å². The smallest absolute Gasteiger partial charge is 0.269 e. The van der Waals surface area contributed by atoms with E-state index in [0.717, 1.165) is 5.69 Å². The second-order valence-corrected chi connectivity index (χ2v) is 8.28. The van der Waals surface area contributed by atoms with Gasteiger partial charge in [-0.25, -0.2) is 0 Å². The van der Waals surface area contributed by atoms with E-state index in [0.29, 0.717) is 29.4 Å². The van der Waals surface area contributed by atoms with Crippen molar-refractivity contribution < 1.29 is 4.79 Å². The molecule has 1 aromatic carbocycles. The van der Waals surface area contributed by atoms with Crippen LogP contribution in [-0.4, -0.2) is 21.7 Å². The van der Waals surface area contributed by atoms with Gasteiger partial charge in [-0.3, -0.25) is 9.48 Å². The molecule has 138 valence electrons. The largest absolute Gasteiger partial charge is 0.347 e. The van der Waals surface area contributed by atoms with Crippen LogP contribution in [0.5, 0.6) is 0 Å². The molecule has 4 nitrogen and oxygen atoms in total. The van der Waals surface area contributed by atoms with E-state index in [1.54, 1.807) is 4.68 Å². The zero-order valence-electron chi connectivity index (χ0n) is 16.0. The monoisotopic (exact) mass is 351 g/mol. The summed E-state index contributed by atoms with van der Waals surface area (Å²) >= 11 is 0. The number of nitrogens with zero attached hydrogens (tertiary/aromatic N) is 2. The molecule has 2 aliphatic carbocycles. The summed E-state index contributed by atoms with van der Waals surface area (Å²) in [6.07, 6.45) is 5.14. The van der Waals surface area contributed by atoms with Crippen LogP contribution in [0, 0.1) is 11.8 Å². The molecule has 0 spiro atoms. The number of fused-ring (bicyclic) bond motifs is 1. The molecule has 0 saturated heterocycles. The van der Waals surface area contributed by atoms with E-state index < -0.39 is 0 Å². The second-order valence-electron chi connectivity index (χ2n) is 8.28. The fourth-order valence-corrected chi connectivity index (χ4v) is 5.00. The van der Waals surface area contributed by atoms with Crippen molar-refractivity contribution in [2.45, 2.75) is 57.4 Å². The normalized spacial score (nSPS) is 27.7. The summed E-state index contributed by atoms with van der Waals surface area (Å²) < 4.78 is 1.72. The number of hydrogen-bond donors (Lipinski definition) is 1. The number of hydrogen-bond acceptors (Lipinski definition) is 2. The van der Waals surface area contributed by atoms with E-state index in [4.69, 9.17) is 0 Å². The third-order valence-corrected chi connectivity index (χ3v) is 6.39. The zero-order chi connectivity index (χ0) is 18.3. The molecule has 0 radical (unpaired) electrons. The molecular formula is C22H29N3O. The van der Waals surface area contributed by atoms with Gasteiger partial charge in [-0.05, 0) is 42.2 Å². The summed E-state index contributed by atoms with van der Waals surface area (Å²) in [5.74, 6) is 2.13. The lowest BCUT2D eigenvalue weighted by Crippen LogP contribution is -2.59. The number of benzene rings is 1. The third kappa shape index (κ3) is 2.95. The molecule has 1 amide bonds. The highest BCUT2D eigenvalue weighted by atomic mass is 16.2. The van der Waals surface area contributed by atoms with Gasteiger partial charge in [-0.2, -0.15) is 5.10 Å². The van der Waals surface area contributed by atoms with Gasteiger partial charge in [0.15, 0.2) is 0 Å². The average Bonchev–Trinajstić information content (AvgIpc) is 3.03. The van der Waals surface area contributed by atoms with E-state index >= 15 is 0 Å². The van der Waals surface area contributed by atoms with Gasteiger partial charge < -0.3 is 5.32 Å². The van der Waals surface area contributed by atoms with Crippen LogP contribution in [0.15, 0.2) is 36.4 Å². The molecular weight excluding hydrogens is 322 g/mol. The highest BCUT2D eigenvalue weighted by Crippen LogP contribution is 2.54. The topological polar surface area (TPSA) is 46.9 Å². The van der Waals surface area contributed by atoms with Crippen LogP contribution in [0.2, 0.25) is 0 Å². The van der Waals surface area contributed by atoms with Crippen molar-refractivity contribution in [3.05, 3.63) is 53.3 Å². The number of aromatic nitrogens is 2. The van der Waals surface area contributed by atoms with Crippen LogP contribution < -0.4 is 5.32 Å². The summed E-state index contributed by atoms with van der Waals surface area (Å²) in [5.41, 5.74) is 3.01. The SMILES string of the molecule is CC(C)c1cc(C(=O)N[C@H]2[C@H]3CCCC[C@H]3[C@@H]2c2ccccc2)n(C)n1. The first kappa shape index (κ1) is 17.3. The Hall–Kier alpha value is -2.10. The molecule has 1 heterocycles. The van der Waals surface area contributed by atoms with Crippen molar-refractivity contribution in [3.8, 4) is 0 Å². The summed E-state index contributed by atoms with van der Waals surface area (Å²) in [6.45, 7) is 4.21. The predicted molar refractivity (Wildman–Crippen MR) is 103 cm³/mol. The fourth-order valence-electron chi connectivity index (χ4n) is 5.00. The maximum atomic E-state index is 13.0. The van der Waals surface area contributed by atoms with Gasteiger partial charge in [0, 0.05) is 19.0 Å². The molecule has 2 aromatic rings. The Labute approximate surface area is 156 Å². The first-order valence-corrected chi connectivity index (χ1v) is 9.96. The quantitative estimate of drug-likeness (QED) is 0.895. The van der Waals surface area contributed by atoms with Crippen molar-refractivity contribution in [2.24, 2.45) is 18.9 Å². The van der Waals surface area contributed by atoms with Crippen molar-refractivity contribution in [1.82, 2.24) is 15.1 Å². The van der Waals surface area contributed by atoms with E-state index in [1.807, 2.05) is 13.1 Å². The Morgan fingerprint density at radius 3 is 2.50 bits per heavy atom. The lowest BCUT2D eigenvalue weighted by Gasteiger charge is -2.55. The fraction of sp³-hybridized carbons (Fsp3) is 0.545. The molecule has 4 heteroatoms. The van der Waals surface area contributed by atoms with Gasteiger partial charge in [0.2, 0.25) is 0 Å². The minimum Gasteiger partial charge on any atom is -0.347 e. The molecule has 2 aliphatic rings. The van der Waals surface area contributed by atoms with Crippen LogP contribution >= 0.6 is 0 Å². The summed E-state index contributed by atoms with van der Waals surface area (Å²) in [6, 6.07) is 12.9. The predicted octanol–water partition coefficient (Wildman–Crippen LogP) is 4.25. The molecule has 26 heavy (non-hydrogen) atoms. The van der Waals surface area contributed by atoms with Gasteiger partial charge >= 0.3 is 0 Å². The Balaban J connectivity index is 1.56. The van der Waals surface area contributed by atoms with Crippen molar-refractivity contribution in [3.63, 3.8) is 0 Å². The number of carbonyl (C=O) groups is 1. The molecule has 4 rings (SSSR count). The minimum absolute atomic E-state index is 0.0156. The number of rotatable bonds is 4. The van der Waals surface area contributed by atoms with Crippen LogP contribution in [0.4, 0.5) is 0 Å². The van der Waals surface area contributed by atoms with Gasteiger partial charge in [0.1, 0.15) is 5.69 Å². The Morgan fingerprint density at radius 2 is 1.85 bits per heavy atom. The average molecular weight is 351 g/mol. The molecule has 0 aliphatic heterocycles. The van der Waals surface area contributed by atoms with E-state index in [-0.39, 0.29) is 11.9 Å². The molecule has 1 aromatic heterocycles. The lowest BCUT2D eigenvalue weighted by atomic mass is 9.53. The molecule has 0 unspecified atom stereocenters. The van der Waals surface area contributed by atoms with Crippen molar-refractivity contribution in [1.29, 1.82) is 0 Å². The zero-order valence-corrected chi connectivity index (χ0v) is 16.0. The highest BCUT2D eigenvalue weighted by Gasteiger charge is 2.51. The third-order valence-electron chi connectivity index (χ3n) is 6.39. The van der Waals surface area contributed by atoms with E-state index in [9.17, 15) is 4.79 Å². The summed E-state index contributed by atoms with van der Waals surface area (Å²) in [5, 5.41) is 7.87. The number of nitrogens with one attached hydrogen (secondary N) is 1. The number of amides is 1. The highest BCUT2D eigenvalue weighted by molar-refractivity contribution is 5.93. The van der Waals surface area contributed by atoms with Gasteiger partial charge in [0.25, 0.3) is 5.91 Å². The summed E-state index contributed by atoms with van der Waals surface area (Å²) in [7, 11) is 1.86. The molecule has 2 fully saturated rings. The Kier molecular flexibility index (Phi) is 4.60. The van der Waals surface area contributed by atoms with E-state index in [2.05, 4.69) is 54.6 Å². The van der Waals surface area contributed by atoms with Gasteiger partial charge in [-0.1, -0.05) is 57.0 Å². The number of carbonyl (C=O) groups excluding carboxylic acids is 1. The number of aryl methyl sites for hydroxylation is 1. The standard InChI is InChI=1S/C22H29N3O/c1-14(2)18-13-19(25(3)24-18)22(26)23-21-17-12-8-7-11-16(17)20(21)15-9-5-4-6-10-15/h4-6,9-10,13-14,16-17,20-21H,7-8,11-12H2,1-3H3,(H,23,26)/t16-,17+,20+,21+/m1/s1. The lowest BCUT2D eigenvalue weighted by molar-refractivity contribution is 0.0249. The molecule has 4 atom stereocenters. The molecule has 2 saturated carbocycles. The summed E-state index contributed by atoms with van der Waals surface area (Å²) in [4.78, 5) is 13.0. The van der Waals surface area contributed by atoms with E-state index in [1.165, 1.54) is 31.2 Å². The maximum Gasteiger partial charge on any atom is 0.269 e. The first-order valence-electron chi connectivity index (χ1n) is 9.96. The van der Waals surface area contributed by atoms with Crippen molar-refractivity contribution >= 4 is 5.91 Å². The molecule has 0 bridgehead atoms. The Morgan fingerprint density at radius 1 is 1.15 bits per heavy atom. The van der Waals surface area contributed by atoms with Gasteiger partial charge in [-0.15, -0.1) is 0 Å². The molecule has 1 N–H and O–H groups in total.